The number of hydrogen-bond acceptors (Lipinski definition) is 3. The monoisotopic (exact) mass is 281 g/mol. The fraction of sp³-hybridized carbons (Fsp3) is 0.214. The van der Waals surface area contributed by atoms with Crippen molar-refractivity contribution >= 4 is 11.4 Å². The number of halogens is 3. The van der Waals surface area contributed by atoms with Gasteiger partial charge in [0.15, 0.2) is 0 Å². The Morgan fingerprint density at radius 3 is 2.25 bits per heavy atom. The summed E-state index contributed by atoms with van der Waals surface area (Å²) in [6.45, 7) is 5.47. The average molecular weight is 281 g/mol. The standard InChI is InChI=1S/C14H14F3N3/c1-10(18-3)4-5-11(2)19-20-13-8-6-12(7-9-13)14(15,16)17/h4-9H,2H2,1,3H3/b5-4-,18-10?,20-19?. The van der Waals surface area contributed by atoms with E-state index in [0.717, 1.165) is 17.8 Å². The van der Waals surface area contributed by atoms with Gasteiger partial charge >= 0.3 is 6.18 Å². The van der Waals surface area contributed by atoms with Gasteiger partial charge in [0.25, 0.3) is 0 Å². The van der Waals surface area contributed by atoms with Gasteiger partial charge in [-0.2, -0.15) is 23.4 Å². The molecule has 1 aromatic rings. The van der Waals surface area contributed by atoms with Crippen LogP contribution in [0.15, 0.2) is 63.9 Å². The van der Waals surface area contributed by atoms with Crippen LogP contribution in [0.25, 0.3) is 0 Å². The Morgan fingerprint density at radius 1 is 1.15 bits per heavy atom. The maximum Gasteiger partial charge on any atom is 0.416 e. The molecule has 0 aliphatic carbocycles. The molecule has 106 valence electrons. The number of nitrogens with zero attached hydrogens (tertiary/aromatic N) is 3. The van der Waals surface area contributed by atoms with Crippen LogP contribution in [-0.4, -0.2) is 12.8 Å². The minimum Gasteiger partial charge on any atom is -0.293 e. The highest BCUT2D eigenvalue weighted by Crippen LogP contribution is 2.30. The number of rotatable bonds is 4. The molecule has 0 heterocycles. The maximum atomic E-state index is 12.4. The largest absolute Gasteiger partial charge is 0.416 e. The van der Waals surface area contributed by atoms with Crippen LogP contribution in [-0.2, 0) is 6.18 Å². The van der Waals surface area contributed by atoms with Crippen molar-refractivity contribution in [2.24, 2.45) is 15.2 Å². The van der Waals surface area contributed by atoms with Gasteiger partial charge in [0, 0.05) is 12.8 Å². The minimum absolute atomic E-state index is 0.327. The van der Waals surface area contributed by atoms with E-state index < -0.39 is 11.7 Å². The van der Waals surface area contributed by atoms with Crippen LogP contribution in [0.2, 0.25) is 0 Å². The lowest BCUT2D eigenvalue weighted by atomic mass is 10.2. The lowest BCUT2D eigenvalue weighted by Crippen LogP contribution is -2.03. The molecule has 1 aromatic carbocycles. The third-order valence-corrected chi connectivity index (χ3v) is 2.36. The van der Waals surface area contributed by atoms with E-state index >= 15 is 0 Å². The van der Waals surface area contributed by atoms with Crippen molar-refractivity contribution in [3.05, 3.63) is 54.3 Å². The molecule has 0 unspecified atom stereocenters. The fourth-order valence-electron chi connectivity index (χ4n) is 1.16. The molecule has 0 saturated carbocycles. The molecule has 0 saturated heterocycles. The highest BCUT2D eigenvalue weighted by Gasteiger charge is 2.29. The molecule has 0 atom stereocenters. The van der Waals surface area contributed by atoms with Crippen LogP contribution in [0, 0.1) is 0 Å². The van der Waals surface area contributed by atoms with Gasteiger partial charge in [-0.15, -0.1) is 0 Å². The first-order valence-corrected chi connectivity index (χ1v) is 5.72. The Bertz CT molecular complexity index is 552. The summed E-state index contributed by atoms with van der Waals surface area (Å²) in [7, 11) is 1.66. The predicted octanol–water partition coefficient (Wildman–Crippen LogP) is 4.95. The molecule has 0 N–H and O–H groups in total. The molecule has 0 fully saturated rings. The van der Waals surface area contributed by atoms with E-state index in [1.807, 2.05) is 6.92 Å². The molecule has 0 bridgehead atoms. The number of alkyl halides is 3. The zero-order valence-corrected chi connectivity index (χ0v) is 11.1. The summed E-state index contributed by atoms with van der Waals surface area (Å²) in [5.41, 5.74) is 0.794. The van der Waals surface area contributed by atoms with E-state index in [9.17, 15) is 13.2 Å². The van der Waals surface area contributed by atoms with Crippen molar-refractivity contribution < 1.29 is 13.2 Å². The zero-order chi connectivity index (χ0) is 15.2. The van der Waals surface area contributed by atoms with E-state index in [4.69, 9.17) is 0 Å². The summed E-state index contributed by atoms with van der Waals surface area (Å²) >= 11 is 0. The van der Waals surface area contributed by atoms with Gasteiger partial charge in [-0.05, 0) is 43.3 Å². The number of benzene rings is 1. The fourth-order valence-corrected chi connectivity index (χ4v) is 1.16. The van der Waals surface area contributed by atoms with E-state index in [-0.39, 0.29) is 0 Å². The Labute approximate surface area is 115 Å². The van der Waals surface area contributed by atoms with Crippen molar-refractivity contribution in [3.63, 3.8) is 0 Å². The Hall–Kier alpha value is -2.24. The first-order valence-electron chi connectivity index (χ1n) is 5.72. The zero-order valence-electron chi connectivity index (χ0n) is 11.1. The van der Waals surface area contributed by atoms with Crippen molar-refractivity contribution in [1.82, 2.24) is 0 Å². The average Bonchev–Trinajstić information content (AvgIpc) is 2.41. The summed E-state index contributed by atoms with van der Waals surface area (Å²) in [5.74, 6) is 0. The molecule has 0 amide bonds. The van der Waals surface area contributed by atoms with Crippen molar-refractivity contribution in [3.8, 4) is 0 Å². The smallest absolute Gasteiger partial charge is 0.293 e. The number of hydrogen-bond donors (Lipinski definition) is 0. The number of allylic oxidation sites excluding steroid dienone is 2. The van der Waals surface area contributed by atoms with Crippen LogP contribution >= 0.6 is 0 Å². The normalized spacial score (nSPS) is 13.3. The van der Waals surface area contributed by atoms with Gasteiger partial charge in [0.1, 0.15) is 0 Å². The summed E-state index contributed by atoms with van der Waals surface area (Å²) < 4.78 is 37.1. The van der Waals surface area contributed by atoms with Gasteiger partial charge < -0.3 is 0 Å². The van der Waals surface area contributed by atoms with Crippen LogP contribution in [0.4, 0.5) is 18.9 Å². The second kappa shape index (κ2) is 6.79. The van der Waals surface area contributed by atoms with Crippen LogP contribution in [0.1, 0.15) is 12.5 Å². The lowest BCUT2D eigenvalue weighted by Gasteiger charge is -2.05. The Morgan fingerprint density at radius 2 is 1.75 bits per heavy atom. The van der Waals surface area contributed by atoms with Gasteiger partial charge in [-0.1, -0.05) is 6.58 Å². The maximum absolute atomic E-state index is 12.4. The van der Waals surface area contributed by atoms with Gasteiger partial charge in [-0.25, -0.2) is 0 Å². The summed E-state index contributed by atoms with van der Waals surface area (Å²) in [6, 6.07) is 4.42. The third kappa shape index (κ3) is 5.17. The molecule has 0 aliphatic rings. The summed E-state index contributed by atoms with van der Waals surface area (Å²) in [5, 5.41) is 7.60. The Balaban J connectivity index is 2.72. The van der Waals surface area contributed by atoms with E-state index in [1.54, 1.807) is 19.2 Å². The van der Waals surface area contributed by atoms with Crippen molar-refractivity contribution in [1.29, 1.82) is 0 Å². The summed E-state index contributed by atoms with van der Waals surface area (Å²) in [4.78, 5) is 3.92. The van der Waals surface area contributed by atoms with Gasteiger partial charge in [0.05, 0.1) is 16.9 Å². The third-order valence-electron chi connectivity index (χ3n) is 2.36. The minimum atomic E-state index is -4.35. The quantitative estimate of drug-likeness (QED) is 0.425. The van der Waals surface area contributed by atoms with Crippen LogP contribution in [0.5, 0.6) is 0 Å². The molecule has 0 aliphatic heterocycles. The van der Waals surface area contributed by atoms with E-state index in [2.05, 4.69) is 21.8 Å². The van der Waals surface area contributed by atoms with Crippen LogP contribution in [0.3, 0.4) is 0 Å². The lowest BCUT2D eigenvalue weighted by molar-refractivity contribution is -0.137. The molecular formula is C14H14F3N3. The van der Waals surface area contributed by atoms with Crippen LogP contribution < -0.4 is 0 Å². The highest BCUT2D eigenvalue weighted by molar-refractivity contribution is 5.92. The van der Waals surface area contributed by atoms with Gasteiger partial charge in [0.2, 0.25) is 0 Å². The first kappa shape index (κ1) is 15.8. The van der Waals surface area contributed by atoms with E-state index in [0.29, 0.717) is 11.4 Å². The van der Waals surface area contributed by atoms with Crippen molar-refractivity contribution in [2.45, 2.75) is 13.1 Å². The molecule has 0 aromatic heterocycles. The second-order valence-electron chi connectivity index (χ2n) is 3.93. The SMILES string of the molecule is C=C(/C=C\C(C)=NC)N=Nc1ccc(C(F)(F)F)cc1. The molecule has 6 heteroatoms. The molecule has 3 nitrogen and oxygen atoms in total. The number of azo groups is 1. The Kier molecular flexibility index (Phi) is 5.37. The first-order chi connectivity index (χ1) is 9.32. The van der Waals surface area contributed by atoms with Gasteiger partial charge in [-0.3, -0.25) is 4.99 Å². The summed E-state index contributed by atoms with van der Waals surface area (Å²) in [6.07, 6.45) is -1.01. The molecule has 0 radical (unpaired) electrons. The molecule has 1 rings (SSSR count). The molecule has 0 spiro atoms. The van der Waals surface area contributed by atoms with Crippen molar-refractivity contribution in [2.75, 3.05) is 7.05 Å². The second-order valence-corrected chi connectivity index (χ2v) is 3.93. The topological polar surface area (TPSA) is 37.1 Å². The molecule has 20 heavy (non-hydrogen) atoms. The highest BCUT2D eigenvalue weighted by atomic mass is 19.4. The van der Waals surface area contributed by atoms with E-state index in [1.165, 1.54) is 12.1 Å². The number of aliphatic imine (C=N–C) groups is 1. The predicted molar refractivity (Wildman–Crippen MR) is 73.3 cm³/mol. The molecular weight excluding hydrogens is 267 g/mol.